The second-order valence-corrected chi connectivity index (χ2v) is 5.56. The molecule has 2 aromatic rings. The van der Waals surface area contributed by atoms with Crippen LogP contribution in [-0.2, 0) is 0 Å². The van der Waals surface area contributed by atoms with Crippen LogP contribution in [0.15, 0.2) is 22.6 Å². The maximum Gasteiger partial charge on any atom is 0.134 e. The molecule has 0 bridgehead atoms. The van der Waals surface area contributed by atoms with E-state index in [1.165, 1.54) is 6.07 Å². The van der Waals surface area contributed by atoms with Crippen molar-refractivity contribution in [1.82, 2.24) is 0 Å². The van der Waals surface area contributed by atoms with E-state index in [-0.39, 0.29) is 11.9 Å². The van der Waals surface area contributed by atoms with Gasteiger partial charge < -0.3 is 10.2 Å². The molecule has 0 aliphatic heterocycles. The molecule has 0 spiro atoms. The topological polar surface area (TPSA) is 39.2 Å². The van der Waals surface area contributed by atoms with Gasteiger partial charge in [0.1, 0.15) is 17.2 Å². The van der Waals surface area contributed by atoms with Crippen LogP contribution in [0.4, 0.5) is 4.39 Å². The van der Waals surface area contributed by atoms with Crippen molar-refractivity contribution >= 4 is 11.0 Å². The maximum absolute atomic E-state index is 13.4. The molecule has 3 heteroatoms. The molecule has 1 aliphatic carbocycles. The van der Waals surface area contributed by atoms with Crippen LogP contribution in [-0.4, -0.2) is 0 Å². The van der Waals surface area contributed by atoms with E-state index >= 15 is 0 Å². The maximum atomic E-state index is 13.4. The monoisotopic (exact) mass is 247 g/mol. The molecule has 18 heavy (non-hydrogen) atoms. The van der Waals surface area contributed by atoms with Crippen LogP contribution in [0.25, 0.3) is 11.0 Å². The average Bonchev–Trinajstić information content (AvgIpc) is 3.09. The number of nitrogens with two attached hydrogens (primary N) is 1. The predicted octanol–water partition coefficient (Wildman–Crippen LogP) is 4.11. The van der Waals surface area contributed by atoms with Crippen LogP contribution < -0.4 is 5.73 Å². The van der Waals surface area contributed by atoms with Gasteiger partial charge in [-0.3, -0.25) is 0 Å². The Kier molecular flexibility index (Phi) is 2.67. The third-order valence-corrected chi connectivity index (χ3v) is 3.72. The molecule has 1 aromatic carbocycles. The number of rotatable bonds is 3. The number of benzene rings is 1. The molecule has 1 unspecified atom stereocenters. The quantitative estimate of drug-likeness (QED) is 0.886. The summed E-state index contributed by atoms with van der Waals surface area (Å²) >= 11 is 0. The van der Waals surface area contributed by atoms with Crippen molar-refractivity contribution in [2.75, 3.05) is 0 Å². The van der Waals surface area contributed by atoms with Crippen LogP contribution in [0.1, 0.15) is 50.0 Å². The Bertz CT molecular complexity index is 583. The number of hydrogen-bond donors (Lipinski definition) is 1. The van der Waals surface area contributed by atoms with E-state index in [9.17, 15) is 4.39 Å². The van der Waals surface area contributed by atoms with Crippen LogP contribution >= 0.6 is 0 Å². The van der Waals surface area contributed by atoms with Crippen molar-refractivity contribution in [2.24, 2.45) is 11.7 Å². The van der Waals surface area contributed by atoms with Crippen molar-refractivity contribution in [3.05, 3.63) is 35.3 Å². The van der Waals surface area contributed by atoms with Crippen molar-refractivity contribution in [1.29, 1.82) is 0 Å². The normalized spacial score (nSPS) is 17.6. The standard InChI is InChI=1S/C15H18FNO/c1-8(2)14(17)15-13(9-3-4-9)11-7-10(16)5-6-12(11)18-15/h5-9,14H,3-4,17H2,1-2H3. The molecular formula is C15H18FNO. The Morgan fingerprint density at radius 1 is 1.33 bits per heavy atom. The molecule has 3 rings (SSSR count). The van der Waals surface area contributed by atoms with Crippen molar-refractivity contribution < 1.29 is 8.81 Å². The fourth-order valence-electron chi connectivity index (χ4n) is 2.45. The Morgan fingerprint density at radius 3 is 2.67 bits per heavy atom. The summed E-state index contributed by atoms with van der Waals surface area (Å²) in [6.45, 7) is 4.16. The van der Waals surface area contributed by atoms with E-state index in [1.807, 2.05) is 0 Å². The molecule has 2 nitrogen and oxygen atoms in total. The van der Waals surface area contributed by atoms with E-state index in [0.717, 1.165) is 35.1 Å². The van der Waals surface area contributed by atoms with Gasteiger partial charge in [0, 0.05) is 10.9 Å². The summed E-state index contributed by atoms with van der Waals surface area (Å²) in [5.74, 6) is 1.46. The minimum atomic E-state index is -0.213. The molecular weight excluding hydrogens is 229 g/mol. The highest BCUT2D eigenvalue weighted by Gasteiger charge is 2.33. The van der Waals surface area contributed by atoms with Gasteiger partial charge in [-0.1, -0.05) is 13.8 Å². The zero-order valence-electron chi connectivity index (χ0n) is 10.7. The number of halogens is 1. The van der Waals surface area contributed by atoms with E-state index in [1.54, 1.807) is 12.1 Å². The molecule has 1 aliphatic rings. The van der Waals surface area contributed by atoms with Gasteiger partial charge in [0.25, 0.3) is 0 Å². The Labute approximate surface area is 106 Å². The first-order valence-electron chi connectivity index (χ1n) is 6.55. The van der Waals surface area contributed by atoms with Gasteiger partial charge in [0.2, 0.25) is 0 Å². The molecule has 0 amide bonds. The Balaban J connectivity index is 2.21. The van der Waals surface area contributed by atoms with Crippen LogP contribution in [0.3, 0.4) is 0 Å². The van der Waals surface area contributed by atoms with Crippen molar-refractivity contribution in [3.8, 4) is 0 Å². The van der Waals surface area contributed by atoms with E-state index in [4.69, 9.17) is 10.2 Å². The van der Waals surface area contributed by atoms with Gasteiger partial charge in [-0.05, 0) is 42.9 Å². The lowest BCUT2D eigenvalue weighted by atomic mass is 9.96. The predicted molar refractivity (Wildman–Crippen MR) is 69.9 cm³/mol. The highest BCUT2D eigenvalue weighted by molar-refractivity contribution is 5.83. The average molecular weight is 247 g/mol. The SMILES string of the molecule is CC(C)C(N)c1oc2ccc(F)cc2c1C1CC1. The second kappa shape index (κ2) is 4.09. The molecule has 0 saturated heterocycles. The third kappa shape index (κ3) is 1.83. The van der Waals surface area contributed by atoms with Crippen LogP contribution in [0.2, 0.25) is 0 Å². The summed E-state index contributed by atoms with van der Waals surface area (Å²) in [7, 11) is 0. The molecule has 1 fully saturated rings. The Hall–Kier alpha value is -1.35. The van der Waals surface area contributed by atoms with E-state index in [0.29, 0.717) is 11.8 Å². The van der Waals surface area contributed by atoms with Crippen LogP contribution in [0.5, 0.6) is 0 Å². The summed E-state index contributed by atoms with van der Waals surface area (Å²) in [4.78, 5) is 0. The zero-order valence-corrected chi connectivity index (χ0v) is 10.7. The van der Waals surface area contributed by atoms with E-state index < -0.39 is 0 Å². The first-order valence-corrected chi connectivity index (χ1v) is 6.55. The lowest BCUT2D eigenvalue weighted by Gasteiger charge is -2.14. The van der Waals surface area contributed by atoms with Gasteiger partial charge in [-0.15, -0.1) is 0 Å². The third-order valence-electron chi connectivity index (χ3n) is 3.72. The molecule has 96 valence electrons. The van der Waals surface area contributed by atoms with Crippen LogP contribution in [0, 0.1) is 11.7 Å². The fraction of sp³-hybridized carbons (Fsp3) is 0.467. The van der Waals surface area contributed by atoms with Gasteiger partial charge in [0.15, 0.2) is 0 Å². The highest BCUT2D eigenvalue weighted by Crippen LogP contribution is 2.48. The summed E-state index contributed by atoms with van der Waals surface area (Å²) < 4.78 is 19.3. The highest BCUT2D eigenvalue weighted by atomic mass is 19.1. The largest absolute Gasteiger partial charge is 0.459 e. The first kappa shape index (κ1) is 11.7. The van der Waals surface area contributed by atoms with Crippen molar-refractivity contribution in [2.45, 2.75) is 38.6 Å². The zero-order chi connectivity index (χ0) is 12.9. The smallest absolute Gasteiger partial charge is 0.134 e. The van der Waals surface area contributed by atoms with E-state index in [2.05, 4.69) is 13.8 Å². The van der Waals surface area contributed by atoms with Crippen molar-refractivity contribution in [3.63, 3.8) is 0 Å². The summed E-state index contributed by atoms with van der Waals surface area (Å²) in [5.41, 5.74) is 8.12. The Morgan fingerprint density at radius 2 is 2.06 bits per heavy atom. The van der Waals surface area contributed by atoms with Gasteiger partial charge in [-0.25, -0.2) is 4.39 Å². The summed E-state index contributed by atoms with van der Waals surface area (Å²) in [6, 6.07) is 4.60. The molecule has 2 N–H and O–H groups in total. The molecule has 0 radical (unpaired) electrons. The molecule has 1 heterocycles. The minimum absolute atomic E-state index is 0.115. The number of hydrogen-bond acceptors (Lipinski definition) is 2. The number of fused-ring (bicyclic) bond motifs is 1. The van der Waals surface area contributed by atoms with Gasteiger partial charge in [-0.2, -0.15) is 0 Å². The second-order valence-electron chi connectivity index (χ2n) is 5.56. The minimum Gasteiger partial charge on any atom is -0.459 e. The summed E-state index contributed by atoms with van der Waals surface area (Å²) in [5, 5.41) is 0.906. The van der Waals surface area contributed by atoms with Gasteiger partial charge >= 0.3 is 0 Å². The lowest BCUT2D eigenvalue weighted by molar-refractivity contribution is 0.414. The molecule has 1 aromatic heterocycles. The fourth-order valence-corrected chi connectivity index (χ4v) is 2.45. The lowest BCUT2D eigenvalue weighted by Crippen LogP contribution is -2.17. The molecule has 1 atom stereocenters. The molecule has 1 saturated carbocycles. The first-order chi connectivity index (χ1) is 8.58. The van der Waals surface area contributed by atoms with Gasteiger partial charge in [0.05, 0.1) is 6.04 Å². The number of furan rings is 1. The summed E-state index contributed by atoms with van der Waals surface area (Å²) in [6.07, 6.45) is 2.31.